The molecule has 0 bridgehead atoms. The van der Waals surface area contributed by atoms with E-state index in [1.807, 2.05) is 54.9 Å². The molecule has 0 fully saturated rings. The Kier molecular flexibility index (Phi) is 5.96. The Labute approximate surface area is 159 Å². The molecule has 0 spiro atoms. The lowest BCUT2D eigenvalue weighted by atomic mass is 10.1. The molecule has 0 radical (unpaired) electrons. The average Bonchev–Trinajstić information content (AvgIpc) is 3.25. The lowest BCUT2D eigenvalue weighted by Gasteiger charge is -2.14. The first-order valence-corrected chi connectivity index (χ1v) is 9.06. The molecule has 0 unspecified atom stereocenters. The zero-order valence-corrected chi connectivity index (χ0v) is 15.9. The quantitative estimate of drug-likeness (QED) is 0.658. The summed E-state index contributed by atoms with van der Waals surface area (Å²) < 4.78 is 13.1. The number of carbonyl (C=O) groups is 1. The molecular weight excluding hydrogens is 342 g/mol. The predicted molar refractivity (Wildman–Crippen MR) is 103 cm³/mol. The van der Waals surface area contributed by atoms with E-state index in [0.29, 0.717) is 12.3 Å². The molecule has 2 heterocycles. The normalized spacial score (nSPS) is 12.0. The fraction of sp³-hybridized carbons (Fsp3) is 0.333. The summed E-state index contributed by atoms with van der Waals surface area (Å²) in [5.41, 5.74) is 2.85. The second kappa shape index (κ2) is 8.58. The summed E-state index contributed by atoms with van der Waals surface area (Å²) in [4.78, 5) is 12.5. The van der Waals surface area contributed by atoms with E-state index in [4.69, 9.17) is 9.15 Å². The van der Waals surface area contributed by atoms with Gasteiger partial charge in [-0.2, -0.15) is 5.10 Å². The molecule has 0 aliphatic carbocycles. The first-order chi connectivity index (χ1) is 13.0. The topological polar surface area (TPSA) is 69.3 Å². The molecule has 6 nitrogen and oxygen atoms in total. The van der Waals surface area contributed by atoms with Crippen molar-refractivity contribution >= 4 is 5.91 Å². The summed E-state index contributed by atoms with van der Waals surface area (Å²) in [5, 5.41) is 7.40. The number of hydrogen-bond donors (Lipinski definition) is 1. The highest BCUT2D eigenvalue weighted by Crippen LogP contribution is 2.16. The van der Waals surface area contributed by atoms with Crippen molar-refractivity contribution in [2.45, 2.75) is 33.9 Å². The second-order valence-corrected chi connectivity index (χ2v) is 6.80. The Morgan fingerprint density at radius 2 is 2.04 bits per heavy atom. The Morgan fingerprint density at radius 1 is 1.26 bits per heavy atom. The summed E-state index contributed by atoms with van der Waals surface area (Å²) in [6.45, 7) is 7.67. The highest BCUT2D eigenvalue weighted by atomic mass is 16.5. The minimum absolute atomic E-state index is 0.230. The number of hydrogen-bond acceptors (Lipinski definition) is 4. The van der Waals surface area contributed by atoms with Gasteiger partial charge in [-0.1, -0.05) is 25.1 Å². The fourth-order valence-corrected chi connectivity index (χ4v) is 2.89. The number of para-hydroxylation sites is 1. The zero-order chi connectivity index (χ0) is 19.2. The third kappa shape index (κ3) is 5.00. The van der Waals surface area contributed by atoms with Crippen LogP contribution in [0, 0.1) is 19.8 Å². The van der Waals surface area contributed by atoms with Gasteiger partial charge in [-0.15, -0.1) is 0 Å². The minimum atomic E-state index is -0.230. The number of aromatic nitrogens is 2. The zero-order valence-electron chi connectivity index (χ0n) is 15.9. The van der Waals surface area contributed by atoms with E-state index in [0.717, 1.165) is 29.2 Å². The molecule has 27 heavy (non-hydrogen) atoms. The van der Waals surface area contributed by atoms with Crippen LogP contribution in [0.15, 0.2) is 53.1 Å². The van der Waals surface area contributed by atoms with Gasteiger partial charge in [0, 0.05) is 24.3 Å². The van der Waals surface area contributed by atoms with Crippen LogP contribution in [0.3, 0.4) is 0 Å². The third-order valence-electron chi connectivity index (χ3n) is 4.29. The predicted octanol–water partition coefficient (Wildman–Crippen LogP) is 3.74. The van der Waals surface area contributed by atoms with E-state index in [9.17, 15) is 4.79 Å². The van der Waals surface area contributed by atoms with Gasteiger partial charge in [0.05, 0.1) is 12.0 Å². The number of furan rings is 1. The molecule has 142 valence electrons. The first-order valence-electron chi connectivity index (χ1n) is 9.06. The van der Waals surface area contributed by atoms with E-state index < -0.39 is 0 Å². The van der Waals surface area contributed by atoms with Gasteiger partial charge in [0.25, 0.3) is 5.91 Å². The maximum atomic E-state index is 12.5. The van der Waals surface area contributed by atoms with Crippen LogP contribution < -0.4 is 10.1 Å². The molecule has 3 rings (SSSR count). The number of rotatable bonds is 8. The van der Waals surface area contributed by atoms with Gasteiger partial charge in [0.1, 0.15) is 12.4 Å². The molecule has 1 N–H and O–H groups in total. The molecule has 2 aromatic heterocycles. The maximum Gasteiger partial charge on any atom is 0.287 e. The Bertz CT molecular complexity index is 883. The van der Waals surface area contributed by atoms with Gasteiger partial charge < -0.3 is 14.5 Å². The number of aryl methyl sites for hydroxylation is 2. The van der Waals surface area contributed by atoms with Gasteiger partial charge in [-0.05, 0) is 44.0 Å². The van der Waals surface area contributed by atoms with Crippen molar-refractivity contribution in [3.63, 3.8) is 0 Å². The number of amides is 1. The number of benzene rings is 1. The van der Waals surface area contributed by atoms with Gasteiger partial charge in [0.2, 0.25) is 0 Å². The van der Waals surface area contributed by atoms with Crippen molar-refractivity contribution < 1.29 is 13.9 Å². The van der Waals surface area contributed by atoms with E-state index in [-0.39, 0.29) is 18.4 Å². The Hall–Kier alpha value is -3.02. The van der Waals surface area contributed by atoms with Gasteiger partial charge in [0.15, 0.2) is 5.76 Å². The third-order valence-corrected chi connectivity index (χ3v) is 4.29. The molecule has 1 atom stereocenters. The molecule has 1 aromatic carbocycles. The molecule has 0 aliphatic rings. The first kappa shape index (κ1) is 18.8. The lowest BCUT2D eigenvalue weighted by molar-refractivity contribution is 0.0915. The van der Waals surface area contributed by atoms with Crippen molar-refractivity contribution in [2.75, 3.05) is 6.54 Å². The fourth-order valence-electron chi connectivity index (χ4n) is 2.89. The average molecular weight is 367 g/mol. The standard InChI is InChI=1S/C21H25N3O3/c1-15(13-24-17(3)11-16(2)23-24)12-22-21(25)20-18(9-10-26-20)14-27-19-7-5-4-6-8-19/h4-11,15H,12-14H2,1-3H3,(H,22,25)/t15-/m0/s1. The van der Waals surface area contributed by atoms with Crippen molar-refractivity contribution in [3.8, 4) is 5.75 Å². The van der Waals surface area contributed by atoms with E-state index in [1.54, 1.807) is 6.07 Å². The van der Waals surface area contributed by atoms with Crippen LogP contribution in [0.1, 0.15) is 34.4 Å². The molecule has 1 amide bonds. The van der Waals surface area contributed by atoms with E-state index in [2.05, 4.69) is 17.3 Å². The number of nitrogens with one attached hydrogen (secondary N) is 1. The smallest absolute Gasteiger partial charge is 0.287 e. The van der Waals surface area contributed by atoms with Crippen molar-refractivity contribution in [2.24, 2.45) is 5.92 Å². The Morgan fingerprint density at radius 3 is 2.74 bits per heavy atom. The maximum absolute atomic E-state index is 12.5. The Balaban J connectivity index is 1.52. The molecule has 3 aromatic rings. The van der Waals surface area contributed by atoms with Crippen molar-refractivity contribution in [3.05, 3.63) is 71.4 Å². The molecular formula is C21H25N3O3. The highest BCUT2D eigenvalue weighted by molar-refractivity contribution is 5.92. The monoisotopic (exact) mass is 367 g/mol. The summed E-state index contributed by atoms with van der Waals surface area (Å²) in [6, 6.07) is 13.3. The van der Waals surface area contributed by atoms with Crippen LogP contribution in [0.2, 0.25) is 0 Å². The number of carbonyl (C=O) groups excluding carboxylic acids is 1. The lowest BCUT2D eigenvalue weighted by Crippen LogP contribution is -2.30. The molecule has 6 heteroatoms. The summed E-state index contributed by atoms with van der Waals surface area (Å²) in [5.74, 6) is 1.06. The minimum Gasteiger partial charge on any atom is -0.489 e. The van der Waals surface area contributed by atoms with Crippen LogP contribution in [-0.2, 0) is 13.2 Å². The van der Waals surface area contributed by atoms with Gasteiger partial charge >= 0.3 is 0 Å². The van der Waals surface area contributed by atoms with E-state index in [1.165, 1.54) is 6.26 Å². The molecule has 0 aliphatic heterocycles. The van der Waals surface area contributed by atoms with Crippen LogP contribution in [0.25, 0.3) is 0 Å². The molecule has 0 saturated carbocycles. The van der Waals surface area contributed by atoms with Crippen LogP contribution in [0.5, 0.6) is 5.75 Å². The number of ether oxygens (including phenoxy) is 1. The van der Waals surface area contributed by atoms with Crippen LogP contribution >= 0.6 is 0 Å². The van der Waals surface area contributed by atoms with Gasteiger partial charge in [-0.25, -0.2) is 0 Å². The highest BCUT2D eigenvalue weighted by Gasteiger charge is 2.17. The second-order valence-electron chi connectivity index (χ2n) is 6.80. The molecule has 0 saturated heterocycles. The number of nitrogens with zero attached hydrogens (tertiary/aromatic N) is 2. The summed E-state index contributed by atoms with van der Waals surface area (Å²) in [7, 11) is 0. The SMILES string of the molecule is Cc1cc(C)n(C[C@@H](C)CNC(=O)c2occc2COc2ccccc2)n1. The van der Waals surface area contributed by atoms with E-state index >= 15 is 0 Å². The van der Waals surface area contributed by atoms with Crippen LogP contribution in [-0.4, -0.2) is 22.2 Å². The van der Waals surface area contributed by atoms with Gasteiger partial charge in [-0.3, -0.25) is 9.48 Å². The largest absolute Gasteiger partial charge is 0.489 e. The summed E-state index contributed by atoms with van der Waals surface area (Å²) in [6.07, 6.45) is 1.51. The van der Waals surface area contributed by atoms with Crippen molar-refractivity contribution in [1.82, 2.24) is 15.1 Å². The summed E-state index contributed by atoms with van der Waals surface area (Å²) >= 11 is 0. The van der Waals surface area contributed by atoms with Crippen LogP contribution in [0.4, 0.5) is 0 Å². The van der Waals surface area contributed by atoms with Crippen molar-refractivity contribution in [1.29, 1.82) is 0 Å².